The molecule has 3 aliphatic heterocycles. The Bertz CT molecular complexity index is 480. The molecule has 0 aliphatic carbocycles. The van der Waals surface area contributed by atoms with Crippen LogP contribution < -0.4 is 5.32 Å². The van der Waals surface area contributed by atoms with E-state index >= 15 is 0 Å². The first-order chi connectivity index (χ1) is 12.4. The summed E-state index contributed by atoms with van der Waals surface area (Å²) in [5.41, 5.74) is 0.634. The van der Waals surface area contributed by atoms with E-state index in [1.54, 1.807) is 0 Å². The minimum atomic E-state index is 0.179. The molecule has 5 heteroatoms. The van der Waals surface area contributed by atoms with E-state index in [1.807, 2.05) is 0 Å². The first-order valence-electron chi connectivity index (χ1n) is 10.7. The molecular weight excluding hydrogens is 326 g/mol. The summed E-state index contributed by atoms with van der Waals surface area (Å²) < 4.78 is 11.7. The standard InChI is InChI=1S/C21H39N3O2/c1-5-22-19(24-11-8-21(16-24)9-13-25-14-10-21)23-15-17-7-6-12-26-18(17)20(2,3)4/h17-18H,5-16H2,1-4H3,(H,22,23). The van der Waals surface area contributed by atoms with Gasteiger partial charge in [0.25, 0.3) is 0 Å². The summed E-state index contributed by atoms with van der Waals surface area (Å²) in [7, 11) is 0. The van der Waals surface area contributed by atoms with Gasteiger partial charge in [-0.2, -0.15) is 0 Å². The van der Waals surface area contributed by atoms with E-state index in [-0.39, 0.29) is 5.41 Å². The second-order valence-electron chi connectivity index (χ2n) is 9.54. The van der Waals surface area contributed by atoms with Gasteiger partial charge in [0, 0.05) is 51.9 Å². The maximum Gasteiger partial charge on any atom is 0.193 e. The monoisotopic (exact) mass is 365 g/mol. The lowest BCUT2D eigenvalue weighted by atomic mass is 9.78. The molecule has 2 unspecified atom stereocenters. The predicted molar refractivity (Wildman–Crippen MR) is 107 cm³/mol. The molecule has 1 N–H and O–H groups in total. The van der Waals surface area contributed by atoms with Gasteiger partial charge in [-0.3, -0.25) is 4.99 Å². The van der Waals surface area contributed by atoms with Gasteiger partial charge in [-0.15, -0.1) is 0 Å². The van der Waals surface area contributed by atoms with Gasteiger partial charge in [0.15, 0.2) is 5.96 Å². The summed E-state index contributed by atoms with van der Waals surface area (Å²) in [5, 5.41) is 3.54. The van der Waals surface area contributed by atoms with Crippen LogP contribution in [-0.4, -0.2) is 63.0 Å². The number of nitrogens with zero attached hydrogens (tertiary/aromatic N) is 2. The fraction of sp³-hybridized carbons (Fsp3) is 0.952. The van der Waals surface area contributed by atoms with Gasteiger partial charge in [-0.25, -0.2) is 0 Å². The quantitative estimate of drug-likeness (QED) is 0.616. The van der Waals surface area contributed by atoms with Crippen LogP contribution in [0.5, 0.6) is 0 Å². The molecular formula is C21H39N3O2. The largest absolute Gasteiger partial charge is 0.381 e. The van der Waals surface area contributed by atoms with Gasteiger partial charge >= 0.3 is 0 Å². The average Bonchev–Trinajstić information content (AvgIpc) is 3.02. The zero-order valence-corrected chi connectivity index (χ0v) is 17.4. The lowest BCUT2D eigenvalue weighted by Crippen LogP contribution is -2.44. The van der Waals surface area contributed by atoms with Gasteiger partial charge in [0.1, 0.15) is 0 Å². The number of ether oxygens (including phenoxy) is 2. The lowest BCUT2D eigenvalue weighted by Gasteiger charge is -2.39. The van der Waals surface area contributed by atoms with Crippen molar-refractivity contribution in [1.29, 1.82) is 0 Å². The van der Waals surface area contributed by atoms with Crippen LogP contribution in [0.1, 0.15) is 59.8 Å². The molecule has 3 heterocycles. The van der Waals surface area contributed by atoms with Crippen molar-refractivity contribution < 1.29 is 9.47 Å². The molecule has 0 bridgehead atoms. The van der Waals surface area contributed by atoms with Crippen molar-refractivity contribution in [2.24, 2.45) is 21.7 Å². The van der Waals surface area contributed by atoms with Gasteiger partial charge < -0.3 is 19.7 Å². The van der Waals surface area contributed by atoms with Crippen LogP contribution in [0.3, 0.4) is 0 Å². The predicted octanol–water partition coefficient (Wildman–Crippen LogP) is 3.30. The van der Waals surface area contributed by atoms with E-state index in [0.717, 1.165) is 58.4 Å². The molecule has 0 aromatic carbocycles. The van der Waals surface area contributed by atoms with Crippen LogP contribution in [0.15, 0.2) is 4.99 Å². The molecule has 3 rings (SSSR count). The maximum atomic E-state index is 6.15. The number of hydrogen-bond acceptors (Lipinski definition) is 3. The van der Waals surface area contributed by atoms with Crippen molar-refractivity contribution in [3.63, 3.8) is 0 Å². The average molecular weight is 366 g/mol. The molecule has 0 aromatic heterocycles. The SMILES string of the molecule is CCNC(=NCC1CCCOC1C(C)(C)C)N1CCC2(CCOCC2)C1. The third-order valence-corrected chi connectivity index (χ3v) is 6.40. The van der Waals surface area contributed by atoms with E-state index in [9.17, 15) is 0 Å². The first kappa shape index (κ1) is 19.9. The van der Waals surface area contributed by atoms with Gasteiger partial charge in [0.2, 0.25) is 0 Å². The molecule has 3 saturated heterocycles. The third-order valence-electron chi connectivity index (χ3n) is 6.40. The Morgan fingerprint density at radius 3 is 2.65 bits per heavy atom. The Labute approximate surface area is 159 Å². The number of nitrogens with one attached hydrogen (secondary N) is 1. The zero-order chi connectivity index (χ0) is 18.6. The summed E-state index contributed by atoms with van der Waals surface area (Å²) in [5.74, 6) is 1.63. The maximum absolute atomic E-state index is 6.15. The third kappa shape index (κ3) is 4.72. The molecule has 0 saturated carbocycles. The van der Waals surface area contributed by atoms with Crippen molar-refractivity contribution in [2.75, 3.05) is 46.0 Å². The molecule has 26 heavy (non-hydrogen) atoms. The smallest absolute Gasteiger partial charge is 0.193 e. The van der Waals surface area contributed by atoms with Crippen LogP contribution in [0.25, 0.3) is 0 Å². The van der Waals surface area contributed by atoms with Crippen LogP contribution >= 0.6 is 0 Å². The molecule has 3 aliphatic rings. The molecule has 3 fully saturated rings. The highest BCUT2D eigenvalue weighted by atomic mass is 16.5. The zero-order valence-electron chi connectivity index (χ0n) is 17.4. The topological polar surface area (TPSA) is 46.1 Å². The Kier molecular flexibility index (Phi) is 6.50. The van der Waals surface area contributed by atoms with Gasteiger partial charge in [0.05, 0.1) is 6.10 Å². The number of likely N-dealkylation sites (tertiary alicyclic amines) is 1. The van der Waals surface area contributed by atoms with Crippen molar-refractivity contribution >= 4 is 5.96 Å². The normalized spacial score (nSPS) is 30.0. The number of guanidine groups is 1. The fourth-order valence-corrected chi connectivity index (χ4v) is 4.95. The number of aliphatic imine (C=N–C) groups is 1. The fourth-order valence-electron chi connectivity index (χ4n) is 4.95. The molecule has 5 nitrogen and oxygen atoms in total. The molecule has 0 aromatic rings. The highest BCUT2D eigenvalue weighted by Crippen LogP contribution is 2.40. The van der Waals surface area contributed by atoms with Crippen LogP contribution in [0.2, 0.25) is 0 Å². The summed E-state index contributed by atoms with van der Waals surface area (Å²) >= 11 is 0. The van der Waals surface area contributed by atoms with E-state index in [0.29, 0.717) is 17.4 Å². The molecule has 0 radical (unpaired) electrons. The van der Waals surface area contributed by atoms with Crippen molar-refractivity contribution in [1.82, 2.24) is 10.2 Å². The molecule has 0 amide bonds. The molecule has 150 valence electrons. The van der Waals surface area contributed by atoms with Crippen molar-refractivity contribution in [2.45, 2.75) is 65.9 Å². The van der Waals surface area contributed by atoms with Gasteiger partial charge in [-0.05, 0) is 49.9 Å². The second kappa shape index (κ2) is 8.47. The van der Waals surface area contributed by atoms with Crippen molar-refractivity contribution in [3.8, 4) is 0 Å². The summed E-state index contributed by atoms with van der Waals surface area (Å²) in [6.45, 7) is 15.8. The lowest BCUT2D eigenvalue weighted by molar-refractivity contribution is -0.0824. The second-order valence-corrected chi connectivity index (χ2v) is 9.54. The minimum Gasteiger partial charge on any atom is -0.381 e. The van der Waals surface area contributed by atoms with E-state index < -0.39 is 0 Å². The van der Waals surface area contributed by atoms with E-state index in [1.165, 1.54) is 25.7 Å². The Morgan fingerprint density at radius 2 is 1.96 bits per heavy atom. The summed E-state index contributed by atoms with van der Waals surface area (Å²) in [6.07, 6.45) is 6.38. The Hall–Kier alpha value is -0.810. The molecule has 1 spiro atoms. The van der Waals surface area contributed by atoms with E-state index in [2.05, 4.69) is 37.9 Å². The van der Waals surface area contributed by atoms with Crippen LogP contribution in [0, 0.1) is 16.7 Å². The Balaban J connectivity index is 1.65. The highest BCUT2D eigenvalue weighted by Gasteiger charge is 2.40. The van der Waals surface area contributed by atoms with Crippen LogP contribution in [0.4, 0.5) is 0 Å². The van der Waals surface area contributed by atoms with Crippen LogP contribution in [-0.2, 0) is 9.47 Å². The highest BCUT2D eigenvalue weighted by molar-refractivity contribution is 5.80. The first-order valence-corrected chi connectivity index (χ1v) is 10.7. The van der Waals surface area contributed by atoms with E-state index in [4.69, 9.17) is 14.5 Å². The molecule has 2 atom stereocenters. The Morgan fingerprint density at radius 1 is 1.19 bits per heavy atom. The summed E-state index contributed by atoms with van der Waals surface area (Å²) in [6, 6.07) is 0. The minimum absolute atomic E-state index is 0.179. The number of rotatable bonds is 3. The van der Waals surface area contributed by atoms with Crippen molar-refractivity contribution in [3.05, 3.63) is 0 Å². The number of hydrogen-bond donors (Lipinski definition) is 1. The summed E-state index contributed by atoms with van der Waals surface area (Å²) in [4.78, 5) is 7.57. The van der Waals surface area contributed by atoms with Gasteiger partial charge in [-0.1, -0.05) is 20.8 Å².